The van der Waals surface area contributed by atoms with Crippen LogP contribution in [0.15, 0.2) is 0 Å². The number of ether oxygens (including phenoxy) is 1. The number of carbonyl (C=O) groups excluding carboxylic acids is 1. The Bertz CT molecular complexity index is 214. The molecule has 96 valence electrons. The summed E-state index contributed by atoms with van der Waals surface area (Å²) in [6.45, 7) is 5.92. The maximum atomic E-state index is 11.5. The number of rotatable bonds is 6. The minimum atomic E-state index is -0.566. The van der Waals surface area contributed by atoms with Gasteiger partial charge in [-0.15, -0.1) is 0 Å². The van der Waals surface area contributed by atoms with Gasteiger partial charge in [-0.3, -0.25) is 4.79 Å². The second-order valence-electron chi connectivity index (χ2n) is 5.07. The standard InChI is InChI=1S/C11H25N3O2/c1-11(2,3)16-10(15)9(14)6-4-5-8(13)7-12/h8-9H,4-7,12-14H2,1-3H3/t8?,9-/m0/s1. The Morgan fingerprint density at radius 1 is 1.25 bits per heavy atom. The van der Waals surface area contributed by atoms with Gasteiger partial charge in [0.05, 0.1) is 0 Å². The van der Waals surface area contributed by atoms with Crippen molar-refractivity contribution in [3.8, 4) is 0 Å². The van der Waals surface area contributed by atoms with E-state index in [9.17, 15) is 4.79 Å². The molecule has 16 heavy (non-hydrogen) atoms. The predicted octanol–water partition coefficient (Wildman–Crippen LogP) is 0.112. The molecular weight excluding hydrogens is 206 g/mol. The molecule has 0 aromatic carbocycles. The van der Waals surface area contributed by atoms with E-state index in [1.54, 1.807) is 0 Å². The molecule has 0 radical (unpaired) electrons. The fourth-order valence-electron chi connectivity index (χ4n) is 1.21. The average molecular weight is 231 g/mol. The van der Waals surface area contributed by atoms with Crippen LogP contribution in [0.2, 0.25) is 0 Å². The van der Waals surface area contributed by atoms with Gasteiger partial charge in [-0.05, 0) is 40.0 Å². The molecule has 0 aromatic rings. The number of carbonyl (C=O) groups is 1. The molecule has 0 saturated heterocycles. The van der Waals surface area contributed by atoms with Crippen molar-refractivity contribution in [2.24, 2.45) is 17.2 Å². The minimum absolute atomic E-state index is 0.00848. The summed E-state index contributed by atoms with van der Waals surface area (Å²) in [5, 5.41) is 0. The van der Waals surface area contributed by atoms with Crippen LogP contribution < -0.4 is 17.2 Å². The summed E-state index contributed by atoms with van der Waals surface area (Å²) < 4.78 is 5.16. The Kier molecular flexibility index (Phi) is 6.55. The third kappa shape index (κ3) is 7.62. The first-order valence-electron chi connectivity index (χ1n) is 5.70. The van der Waals surface area contributed by atoms with Gasteiger partial charge in [-0.2, -0.15) is 0 Å². The monoisotopic (exact) mass is 231 g/mol. The van der Waals surface area contributed by atoms with Crippen molar-refractivity contribution in [3.63, 3.8) is 0 Å². The van der Waals surface area contributed by atoms with Crippen molar-refractivity contribution in [2.75, 3.05) is 6.54 Å². The van der Waals surface area contributed by atoms with Gasteiger partial charge in [-0.25, -0.2) is 0 Å². The van der Waals surface area contributed by atoms with Crippen molar-refractivity contribution >= 4 is 5.97 Å². The average Bonchev–Trinajstić information content (AvgIpc) is 2.14. The molecule has 0 spiro atoms. The van der Waals surface area contributed by atoms with Gasteiger partial charge >= 0.3 is 5.97 Å². The highest BCUT2D eigenvalue weighted by Crippen LogP contribution is 2.10. The van der Waals surface area contributed by atoms with E-state index in [0.717, 1.165) is 12.8 Å². The zero-order valence-corrected chi connectivity index (χ0v) is 10.5. The Hall–Kier alpha value is -0.650. The summed E-state index contributed by atoms with van der Waals surface area (Å²) >= 11 is 0. The van der Waals surface area contributed by atoms with Crippen LogP contribution in [0.5, 0.6) is 0 Å². The van der Waals surface area contributed by atoms with Crippen molar-refractivity contribution in [1.82, 2.24) is 0 Å². The number of hydrogen-bond acceptors (Lipinski definition) is 5. The molecule has 0 heterocycles. The molecule has 0 aliphatic rings. The van der Waals surface area contributed by atoms with E-state index in [-0.39, 0.29) is 12.0 Å². The SMILES string of the molecule is CC(C)(C)OC(=O)[C@@H](N)CCCC(N)CN. The maximum absolute atomic E-state index is 11.5. The molecule has 1 unspecified atom stereocenters. The molecule has 0 aliphatic heterocycles. The molecule has 0 aromatic heterocycles. The fourth-order valence-corrected chi connectivity index (χ4v) is 1.21. The smallest absolute Gasteiger partial charge is 0.323 e. The van der Waals surface area contributed by atoms with E-state index in [2.05, 4.69) is 0 Å². The summed E-state index contributed by atoms with van der Waals surface area (Å²) in [6, 6.07) is -0.574. The van der Waals surface area contributed by atoms with Gasteiger partial charge in [0, 0.05) is 12.6 Å². The maximum Gasteiger partial charge on any atom is 0.323 e. The van der Waals surface area contributed by atoms with E-state index in [4.69, 9.17) is 21.9 Å². The van der Waals surface area contributed by atoms with Crippen molar-refractivity contribution in [3.05, 3.63) is 0 Å². The van der Waals surface area contributed by atoms with E-state index in [1.807, 2.05) is 20.8 Å². The quantitative estimate of drug-likeness (QED) is 0.563. The van der Waals surface area contributed by atoms with Gasteiger partial charge in [-0.1, -0.05) is 0 Å². The van der Waals surface area contributed by atoms with Crippen molar-refractivity contribution < 1.29 is 9.53 Å². The molecule has 0 amide bonds. The lowest BCUT2D eigenvalue weighted by Crippen LogP contribution is -2.37. The first-order chi connectivity index (χ1) is 7.26. The Labute approximate surface area is 97.7 Å². The van der Waals surface area contributed by atoms with Gasteiger partial charge in [0.15, 0.2) is 0 Å². The van der Waals surface area contributed by atoms with Gasteiger partial charge in [0.2, 0.25) is 0 Å². The lowest BCUT2D eigenvalue weighted by molar-refractivity contribution is -0.156. The molecule has 0 aliphatic carbocycles. The van der Waals surface area contributed by atoms with E-state index >= 15 is 0 Å². The highest BCUT2D eigenvalue weighted by Gasteiger charge is 2.21. The van der Waals surface area contributed by atoms with Crippen LogP contribution in [0.4, 0.5) is 0 Å². The molecule has 0 bridgehead atoms. The molecule has 2 atom stereocenters. The largest absolute Gasteiger partial charge is 0.459 e. The molecule has 5 heteroatoms. The highest BCUT2D eigenvalue weighted by atomic mass is 16.6. The summed E-state index contributed by atoms with van der Waals surface area (Å²) in [6.07, 6.45) is 2.16. The number of nitrogens with two attached hydrogens (primary N) is 3. The molecule has 5 nitrogen and oxygen atoms in total. The van der Waals surface area contributed by atoms with Crippen molar-refractivity contribution in [1.29, 1.82) is 0 Å². The third-order valence-corrected chi connectivity index (χ3v) is 2.10. The molecular formula is C11H25N3O2. The zero-order valence-electron chi connectivity index (χ0n) is 10.5. The summed E-state index contributed by atoms with van der Waals surface area (Å²) in [4.78, 5) is 11.5. The van der Waals surface area contributed by atoms with Crippen LogP contribution in [0.1, 0.15) is 40.0 Å². The summed E-state index contributed by atoms with van der Waals surface area (Å²) in [5.41, 5.74) is 16.3. The van der Waals surface area contributed by atoms with E-state index in [0.29, 0.717) is 13.0 Å². The Morgan fingerprint density at radius 2 is 1.81 bits per heavy atom. The van der Waals surface area contributed by atoms with E-state index in [1.165, 1.54) is 0 Å². The Morgan fingerprint density at radius 3 is 2.25 bits per heavy atom. The zero-order chi connectivity index (χ0) is 12.8. The fraction of sp³-hybridized carbons (Fsp3) is 0.909. The topological polar surface area (TPSA) is 104 Å². The second-order valence-corrected chi connectivity index (χ2v) is 5.07. The molecule has 6 N–H and O–H groups in total. The normalized spacial score (nSPS) is 15.6. The lowest BCUT2D eigenvalue weighted by Gasteiger charge is -2.22. The van der Waals surface area contributed by atoms with E-state index < -0.39 is 11.6 Å². The van der Waals surface area contributed by atoms with Crippen LogP contribution in [0.25, 0.3) is 0 Å². The highest BCUT2D eigenvalue weighted by molar-refractivity contribution is 5.75. The summed E-state index contributed by atoms with van der Waals surface area (Å²) in [7, 11) is 0. The lowest BCUT2D eigenvalue weighted by atomic mass is 10.1. The molecule has 0 rings (SSSR count). The molecule has 0 fully saturated rings. The first kappa shape index (κ1) is 15.3. The second kappa shape index (κ2) is 6.83. The van der Waals surface area contributed by atoms with Crippen LogP contribution in [-0.4, -0.2) is 30.2 Å². The number of hydrogen-bond donors (Lipinski definition) is 3. The van der Waals surface area contributed by atoms with Gasteiger partial charge in [0.1, 0.15) is 11.6 Å². The van der Waals surface area contributed by atoms with Crippen LogP contribution in [0.3, 0.4) is 0 Å². The van der Waals surface area contributed by atoms with Crippen molar-refractivity contribution in [2.45, 2.75) is 57.7 Å². The number of esters is 1. The van der Waals surface area contributed by atoms with Gasteiger partial charge < -0.3 is 21.9 Å². The predicted molar refractivity (Wildman–Crippen MR) is 64.7 cm³/mol. The minimum Gasteiger partial charge on any atom is -0.459 e. The van der Waals surface area contributed by atoms with Crippen LogP contribution >= 0.6 is 0 Å². The Balaban J connectivity index is 3.80. The van der Waals surface area contributed by atoms with Gasteiger partial charge in [0.25, 0.3) is 0 Å². The third-order valence-electron chi connectivity index (χ3n) is 2.10. The van der Waals surface area contributed by atoms with Crippen LogP contribution in [0, 0.1) is 0 Å². The van der Waals surface area contributed by atoms with Crippen LogP contribution in [-0.2, 0) is 9.53 Å². The molecule has 0 saturated carbocycles. The first-order valence-corrected chi connectivity index (χ1v) is 5.70. The summed E-state index contributed by atoms with van der Waals surface area (Å²) in [5.74, 6) is -0.353.